The Morgan fingerprint density at radius 3 is 2.56 bits per heavy atom. The van der Waals surface area contributed by atoms with E-state index in [1.165, 1.54) is 5.56 Å². The summed E-state index contributed by atoms with van der Waals surface area (Å²) in [5.41, 5.74) is 12.9. The molecule has 0 bridgehead atoms. The zero-order chi connectivity index (χ0) is 17.6. The predicted octanol–water partition coefficient (Wildman–Crippen LogP) is 4.50. The lowest BCUT2D eigenvalue weighted by Crippen LogP contribution is -2.05. The van der Waals surface area contributed by atoms with Crippen LogP contribution in [0.3, 0.4) is 0 Å². The average molecular weight is 332 g/mol. The molecule has 1 atom stereocenters. The third-order valence-electron chi connectivity index (χ3n) is 4.73. The first-order valence-corrected chi connectivity index (χ1v) is 8.30. The molecule has 0 fully saturated rings. The van der Waals surface area contributed by atoms with Gasteiger partial charge < -0.3 is 14.8 Å². The van der Waals surface area contributed by atoms with E-state index in [0.29, 0.717) is 5.69 Å². The number of hydrogen-bond acceptors (Lipinski definition) is 4. The number of anilines is 1. The molecule has 0 aliphatic rings. The van der Waals surface area contributed by atoms with E-state index in [4.69, 9.17) is 10.3 Å². The largest absolute Gasteiger partial charge is 0.397 e. The molecule has 0 amide bonds. The second-order valence-corrected chi connectivity index (χ2v) is 6.37. The van der Waals surface area contributed by atoms with Crippen LogP contribution in [-0.2, 0) is 0 Å². The summed E-state index contributed by atoms with van der Waals surface area (Å²) in [6.45, 7) is 6.02. The van der Waals surface area contributed by atoms with Crippen LogP contribution in [0.4, 0.5) is 5.69 Å². The Labute approximate surface area is 146 Å². The van der Waals surface area contributed by atoms with Crippen LogP contribution in [0.5, 0.6) is 0 Å². The first-order chi connectivity index (χ1) is 12.1. The number of nitrogens with two attached hydrogens (primary N) is 1. The van der Waals surface area contributed by atoms with Crippen molar-refractivity contribution in [3.05, 3.63) is 65.8 Å². The summed E-state index contributed by atoms with van der Waals surface area (Å²) in [7, 11) is 0. The number of nitrogen functional groups attached to an aromatic ring is 1. The maximum atomic E-state index is 6.29. The lowest BCUT2D eigenvalue weighted by molar-refractivity contribution is 0.393. The number of aromatic nitrogens is 3. The van der Waals surface area contributed by atoms with Gasteiger partial charge in [-0.15, -0.1) is 0 Å². The van der Waals surface area contributed by atoms with Crippen molar-refractivity contribution in [2.45, 2.75) is 26.8 Å². The lowest BCUT2D eigenvalue weighted by Gasteiger charge is -2.15. The van der Waals surface area contributed by atoms with Gasteiger partial charge in [-0.3, -0.25) is 0 Å². The van der Waals surface area contributed by atoms with Crippen LogP contribution in [0.15, 0.2) is 53.3 Å². The molecule has 0 aliphatic carbocycles. The van der Waals surface area contributed by atoms with E-state index in [0.717, 1.165) is 33.6 Å². The van der Waals surface area contributed by atoms with Gasteiger partial charge in [0.2, 0.25) is 0 Å². The highest BCUT2D eigenvalue weighted by molar-refractivity contribution is 5.93. The molecule has 2 aromatic heterocycles. The summed E-state index contributed by atoms with van der Waals surface area (Å²) in [5, 5.41) is 4.06. The smallest absolute Gasteiger partial charge is 0.141 e. The van der Waals surface area contributed by atoms with Crippen LogP contribution >= 0.6 is 0 Å². The van der Waals surface area contributed by atoms with Gasteiger partial charge in [0.15, 0.2) is 0 Å². The minimum absolute atomic E-state index is 0.158. The highest BCUT2D eigenvalue weighted by atomic mass is 16.5. The van der Waals surface area contributed by atoms with Crippen molar-refractivity contribution < 1.29 is 4.52 Å². The normalized spacial score (nSPS) is 12.6. The quantitative estimate of drug-likeness (QED) is 0.561. The predicted molar refractivity (Wildman–Crippen MR) is 99.4 cm³/mol. The maximum Gasteiger partial charge on any atom is 0.141 e. The van der Waals surface area contributed by atoms with Crippen LogP contribution < -0.4 is 5.73 Å². The summed E-state index contributed by atoms with van der Waals surface area (Å²) in [4.78, 5) is 4.53. The van der Waals surface area contributed by atoms with Crippen LogP contribution in [0.2, 0.25) is 0 Å². The van der Waals surface area contributed by atoms with Crippen LogP contribution in [0, 0.1) is 13.8 Å². The molecule has 2 aromatic carbocycles. The van der Waals surface area contributed by atoms with Crippen molar-refractivity contribution >= 4 is 16.7 Å². The van der Waals surface area contributed by atoms with Gasteiger partial charge in [-0.2, -0.15) is 0 Å². The van der Waals surface area contributed by atoms with E-state index >= 15 is 0 Å². The summed E-state index contributed by atoms with van der Waals surface area (Å²) >= 11 is 0. The van der Waals surface area contributed by atoms with Gasteiger partial charge in [0, 0.05) is 5.56 Å². The number of nitrogens with zero attached hydrogens (tertiary/aromatic N) is 3. The minimum Gasteiger partial charge on any atom is -0.397 e. The summed E-state index contributed by atoms with van der Waals surface area (Å²) in [6.07, 6.45) is 1.86. The molecule has 0 saturated heterocycles. The molecule has 2 N–H and O–H groups in total. The van der Waals surface area contributed by atoms with Crippen LogP contribution in [0.25, 0.3) is 22.2 Å². The Hall–Kier alpha value is -3.08. The van der Waals surface area contributed by atoms with Crippen molar-refractivity contribution in [1.82, 2.24) is 14.7 Å². The van der Waals surface area contributed by atoms with Crippen molar-refractivity contribution in [3.8, 4) is 11.1 Å². The van der Waals surface area contributed by atoms with Gasteiger partial charge in [-0.1, -0.05) is 35.5 Å². The number of rotatable bonds is 3. The molecule has 25 heavy (non-hydrogen) atoms. The summed E-state index contributed by atoms with van der Waals surface area (Å²) < 4.78 is 7.47. The monoisotopic (exact) mass is 332 g/mol. The second-order valence-electron chi connectivity index (χ2n) is 6.37. The van der Waals surface area contributed by atoms with Crippen molar-refractivity contribution in [1.29, 1.82) is 0 Å². The SMILES string of the molecule is Cc1noc(C)c1-c1cc(N)c2ncn([C@@H](C)c3ccccc3)c2c1. The third-order valence-corrected chi connectivity index (χ3v) is 4.73. The highest BCUT2D eigenvalue weighted by Crippen LogP contribution is 2.34. The Bertz CT molecular complexity index is 1030. The molecule has 5 nitrogen and oxygen atoms in total. The fraction of sp³-hybridized carbons (Fsp3) is 0.200. The van der Waals surface area contributed by atoms with Gasteiger partial charge in [0.25, 0.3) is 0 Å². The zero-order valence-electron chi connectivity index (χ0n) is 14.5. The minimum atomic E-state index is 0.158. The molecule has 4 aromatic rings. The molecular formula is C20H20N4O. The van der Waals surface area contributed by atoms with Crippen molar-refractivity contribution in [2.75, 3.05) is 5.73 Å². The average Bonchev–Trinajstić information content (AvgIpc) is 3.18. The first kappa shape index (κ1) is 15.4. The fourth-order valence-corrected chi connectivity index (χ4v) is 3.40. The molecule has 5 heteroatoms. The van der Waals surface area contributed by atoms with Gasteiger partial charge in [-0.25, -0.2) is 4.98 Å². The van der Waals surface area contributed by atoms with Gasteiger partial charge in [0.05, 0.1) is 29.3 Å². The van der Waals surface area contributed by atoms with E-state index in [2.05, 4.69) is 52.0 Å². The first-order valence-electron chi connectivity index (χ1n) is 8.30. The van der Waals surface area contributed by atoms with E-state index in [1.807, 2.05) is 32.3 Å². The molecule has 0 spiro atoms. The lowest BCUT2D eigenvalue weighted by atomic mass is 10.0. The van der Waals surface area contributed by atoms with Gasteiger partial charge in [-0.05, 0) is 44.0 Å². The Kier molecular flexibility index (Phi) is 3.57. The van der Waals surface area contributed by atoms with Crippen molar-refractivity contribution in [2.24, 2.45) is 0 Å². The van der Waals surface area contributed by atoms with E-state index in [1.54, 1.807) is 0 Å². The summed E-state index contributed by atoms with van der Waals surface area (Å²) in [5.74, 6) is 0.790. The number of hydrogen-bond donors (Lipinski definition) is 1. The summed E-state index contributed by atoms with van der Waals surface area (Å²) in [6, 6.07) is 14.6. The standard InChI is InChI=1S/C20H20N4O/c1-12-19(14(3)25-23-12)16-9-17(21)20-18(10-16)24(11-22-20)13(2)15-7-5-4-6-8-15/h4-11,13H,21H2,1-3H3/t13-/m0/s1. The maximum absolute atomic E-state index is 6.29. The third kappa shape index (κ3) is 2.48. The zero-order valence-corrected chi connectivity index (χ0v) is 14.5. The molecule has 0 aliphatic heterocycles. The fourth-order valence-electron chi connectivity index (χ4n) is 3.40. The number of fused-ring (bicyclic) bond motifs is 1. The molecule has 4 rings (SSSR count). The van der Waals surface area contributed by atoms with Crippen molar-refractivity contribution in [3.63, 3.8) is 0 Å². The Morgan fingerprint density at radius 2 is 1.88 bits per heavy atom. The second kappa shape index (κ2) is 5.77. The number of benzene rings is 2. The van der Waals surface area contributed by atoms with E-state index in [-0.39, 0.29) is 6.04 Å². The molecule has 2 heterocycles. The Morgan fingerprint density at radius 1 is 1.12 bits per heavy atom. The van der Waals surface area contributed by atoms with E-state index < -0.39 is 0 Å². The molecule has 0 saturated carbocycles. The van der Waals surface area contributed by atoms with Crippen LogP contribution in [-0.4, -0.2) is 14.7 Å². The van der Waals surface area contributed by atoms with Gasteiger partial charge >= 0.3 is 0 Å². The molecule has 0 radical (unpaired) electrons. The number of imidazole rings is 1. The number of aryl methyl sites for hydroxylation is 2. The van der Waals surface area contributed by atoms with Gasteiger partial charge in [0.1, 0.15) is 11.3 Å². The molecule has 126 valence electrons. The highest BCUT2D eigenvalue weighted by Gasteiger charge is 2.17. The molecule has 0 unspecified atom stereocenters. The topological polar surface area (TPSA) is 69.9 Å². The van der Waals surface area contributed by atoms with E-state index in [9.17, 15) is 0 Å². The molecular weight excluding hydrogens is 312 g/mol. The Balaban J connectivity index is 1.91. The van der Waals surface area contributed by atoms with Crippen LogP contribution in [0.1, 0.15) is 30.0 Å².